The number of benzene rings is 2. The highest BCUT2D eigenvalue weighted by atomic mass is 14.9. The van der Waals surface area contributed by atoms with Gasteiger partial charge in [0.25, 0.3) is 0 Å². The standard InChI is InChI=1S/C19H29N3/c20-11-3-4-12-21-13-5-6-14-22-16-17-9-10-18-7-1-2-8-19(18)15-17/h1-2,7-10,15,21-22H,3-6,11-14,16,20H2. The summed E-state index contributed by atoms with van der Waals surface area (Å²) in [4.78, 5) is 0. The van der Waals surface area contributed by atoms with Crippen LogP contribution in [0.15, 0.2) is 42.5 Å². The van der Waals surface area contributed by atoms with Gasteiger partial charge >= 0.3 is 0 Å². The lowest BCUT2D eigenvalue weighted by molar-refractivity contribution is 0.568. The number of hydrogen-bond donors (Lipinski definition) is 3. The van der Waals surface area contributed by atoms with Crippen molar-refractivity contribution < 1.29 is 0 Å². The molecule has 0 spiro atoms. The van der Waals surface area contributed by atoms with Crippen molar-refractivity contribution >= 4 is 10.8 Å². The van der Waals surface area contributed by atoms with Crippen LogP contribution in [0.2, 0.25) is 0 Å². The van der Waals surface area contributed by atoms with Crippen LogP contribution in [0, 0.1) is 0 Å². The normalized spacial score (nSPS) is 11.1. The molecule has 2 aromatic carbocycles. The van der Waals surface area contributed by atoms with Gasteiger partial charge in [0.15, 0.2) is 0 Å². The predicted molar refractivity (Wildman–Crippen MR) is 96.0 cm³/mol. The molecule has 2 aromatic rings. The van der Waals surface area contributed by atoms with Crippen LogP contribution in [0.3, 0.4) is 0 Å². The molecule has 0 bridgehead atoms. The van der Waals surface area contributed by atoms with Crippen LogP contribution in [0.5, 0.6) is 0 Å². The Morgan fingerprint density at radius 3 is 2.18 bits per heavy atom. The van der Waals surface area contributed by atoms with Crippen LogP contribution in [-0.2, 0) is 6.54 Å². The van der Waals surface area contributed by atoms with Gasteiger partial charge in [0, 0.05) is 6.54 Å². The molecule has 3 nitrogen and oxygen atoms in total. The zero-order chi connectivity index (χ0) is 15.5. The Labute approximate surface area is 134 Å². The van der Waals surface area contributed by atoms with Crippen molar-refractivity contribution in [3.8, 4) is 0 Å². The summed E-state index contributed by atoms with van der Waals surface area (Å²) in [5.74, 6) is 0. The summed E-state index contributed by atoms with van der Waals surface area (Å²) < 4.78 is 0. The Bertz CT molecular complexity index is 539. The van der Waals surface area contributed by atoms with Crippen molar-refractivity contribution in [2.45, 2.75) is 32.2 Å². The van der Waals surface area contributed by atoms with E-state index in [1.165, 1.54) is 35.6 Å². The van der Waals surface area contributed by atoms with Gasteiger partial charge in [-0.3, -0.25) is 0 Å². The lowest BCUT2D eigenvalue weighted by atomic mass is 10.1. The van der Waals surface area contributed by atoms with Crippen LogP contribution < -0.4 is 16.4 Å². The van der Waals surface area contributed by atoms with Crippen molar-refractivity contribution in [3.63, 3.8) is 0 Å². The minimum atomic E-state index is 0.806. The summed E-state index contributed by atoms with van der Waals surface area (Å²) in [6, 6.07) is 15.2. The van der Waals surface area contributed by atoms with Gasteiger partial charge in [-0.1, -0.05) is 36.4 Å². The molecule has 2 rings (SSSR count). The summed E-state index contributed by atoms with van der Waals surface area (Å²) in [5.41, 5.74) is 6.83. The molecule has 0 aliphatic rings. The summed E-state index contributed by atoms with van der Waals surface area (Å²) in [6.07, 6.45) is 4.77. The fourth-order valence-corrected chi connectivity index (χ4v) is 2.60. The third kappa shape index (κ3) is 6.14. The van der Waals surface area contributed by atoms with Gasteiger partial charge in [0.1, 0.15) is 0 Å². The zero-order valence-corrected chi connectivity index (χ0v) is 13.5. The molecular weight excluding hydrogens is 270 g/mol. The van der Waals surface area contributed by atoms with Gasteiger partial charge in [-0.05, 0) is 74.3 Å². The number of unbranched alkanes of at least 4 members (excludes halogenated alkanes) is 2. The summed E-state index contributed by atoms with van der Waals surface area (Å²) in [6.45, 7) is 5.05. The summed E-state index contributed by atoms with van der Waals surface area (Å²) >= 11 is 0. The molecule has 22 heavy (non-hydrogen) atoms. The molecule has 0 aliphatic carbocycles. The smallest absolute Gasteiger partial charge is 0.0205 e. The molecule has 4 N–H and O–H groups in total. The SMILES string of the molecule is NCCCCNCCCCNCc1ccc2ccccc2c1. The highest BCUT2D eigenvalue weighted by molar-refractivity contribution is 5.82. The first-order valence-corrected chi connectivity index (χ1v) is 8.49. The van der Waals surface area contributed by atoms with Gasteiger partial charge in [-0.25, -0.2) is 0 Å². The summed E-state index contributed by atoms with van der Waals surface area (Å²) in [5, 5.41) is 9.63. The predicted octanol–water partition coefficient (Wildman–Crippen LogP) is 3.04. The average Bonchev–Trinajstić information content (AvgIpc) is 2.56. The molecule has 0 aromatic heterocycles. The lowest BCUT2D eigenvalue weighted by Gasteiger charge is -2.07. The molecule has 0 aliphatic heterocycles. The zero-order valence-electron chi connectivity index (χ0n) is 13.5. The fourth-order valence-electron chi connectivity index (χ4n) is 2.60. The van der Waals surface area contributed by atoms with E-state index in [0.717, 1.165) is 39.1 Å². The molecule has 0 amide bonds. The van der Waals surface area contributed by atoms with Crippen molar-refractivity contribution in [1.82, 2.24) is 10.6 Å². The molecule has 0 atom stereocenters. The van der Waals surface area contributed by atoms with Crippen molar-refractivity contribution in [3.05, 3.63) is 48.0 Å². The van der Waals surface area contributed by atoms with Gasteiger partial charge in [0.05, 0.1) is 0 Å². The Kier molecular flexibility index (Phi) is 7.96. The fraction of sp³-hybridized carbons (Fsp3) is 0.474. The maximum atomic E-state index is 5.47. The number of hydrogen-bond acceptors (Lipinski definition) is 3. The first kappa shape index (κ1) is 16.9. The second kappa shape index (κ2) is 10.3. The quantitative estimate of drug-likeness (QED) is 0.559. The van der Waals surface area contributed by atoms with E-state index in [2.05, 4.69) is 53.1 Å². The van der Waals surface area contributed by atoms with E-state index in [4.69, 9.17) is 5.73 Å². The van der Waals surface area contributed by atoms with Gasteiger partial charge in [0.2, 0.25) is 0 Å². The van der Waals surface area contributed by atoms with E-state index in [1.54, 1.807) is 0 Å². The minimum Gasteiger partial charge on any atom is -0.330 e. The summed E-state index contributed by atoms with van der Waals surface area (Å²) in [7, 11) is 0. The van der Waals surface area contributed by atoms with Crippen LogP contribution >= 0.6 is 0 Å². The van der Waals surface area contributed by atoms with Crippen molar-refractivity contribution in [1.29, 1.82) is 0 Å². The second-order valence-corrected chi connectivity index (χ2v) is 5.81. The van der Waals surface area contributed by atoms with E-state index in [9.17, 15) is 0 Å². The lowest BCUT2D eigenvalue weighted by Crippen LogP contribution is -2.20. The number of fused-ring (bicyclic) bond motifs is 1. The molecule has 0 heterocycles. The molecule has 0 fully saturated rings. The van der Waals surface area contributed by atoms with E-state index >= 15 is 0 Å². The highest BCUT2D eigenvalue weighted by Gasteiger charge is 1.96. The third-order valence-corrected chi connectivity index (χ3v) is 3.91. The van der Waals surface area contributed by atoms with Crippen LogP contribution in [-0.4, -0.2) is 26.2 Å². The van der Waals surface area contributed by atoms with E-state index in [1.807, 2.05) is 0 Å². The third-order valence-electron chi connectivity index (χ3n) is 3.91. The molecule has 0 radical (unpaired) electrons. The Morgan fingerprint density at radius 2 is 1.41 bits per heavy atom. The molecule has 0 unspecified atom stereocenters. The Balaban J connectivity index is 1.54. The van der Waals surface area contributed by atoms with Gasteiger partial charge < -0.3 is 16.4 Å². The molecule has 120 valence electrons. The topological polar surface area (TPSA) is 50.1 Å². The Morgan fingerprint density at radius 1 is 0.727 bits per heavy atom. The van der Waals surface area contributed by atoms with Crippen molar-refractivity contribution in [2.24, 2.45) is 5.73 Å². The molecule has 0 saturated carbocycles. The van der Waals surface area contributed by atoms with Crippen LogP contribution in [0.4, 0.5) is 0 Å². The second-order valence-electron chi connectivity index (χ2n) is 5.81. The molecule has 3 heteroatoms. The molecular formula is C19H29N3. The highest BCUT2D eigenvalue weighted by Crippen LogP contribution is 2.15. The van der Waals surface area contributed by atoms with E-state index in [-0.39, 0.29) is 0 Å². The van der Waals surface area contributed by atoms with Gasteiger partial charge in [-0.2, -0.15) is 0 Å². The van der Waals surface area contributed by atoms with E-state index in [0.29, 0.717) is 0 Å². The number of nitrogens with one attached hydrogen (secondary N) is 2. The first-order valence-electron chi connectivity index (χ1n) is 8.49. The molecule has 0 saturated heterocycles. The number of rotatable bonds is 11. The van der Waals surface area contributed by atoms with Crippen molar-refractivity contribution in [2.75, 3.05) is 26.2 Å². The average molecular weight is 299 g/mol. The van der Waals surface area contributed by atoms with Crippen LogP contribution in [0.25, 0.3) is 10.8 Å². The first-order chi connectivity index (χ1) is 10.9. The Hall–Kier alpha value is -1.42. The monoisotopic (exact) mass is 299 g/mol. The minimum absolute atomic E-state index is 0.806. The maximum absolute atomic E-state index is 5.47. The number of nitrogens with two attached hydrogens (primary N) is 1. The van der Waals surface area contributed by atoms with Crippen LogP contribution in [0.1, 0.15) is 31.2 Å². The van der Waals surface area contributed by atoms with E-state index < -0.39 is 0 Å². The largest absolute Gasteiger partial charge is 0.330 e. The van der Waals surface area contributed by atoms with Gasteiger partial charge in [-0.15, -0.1) is 0 Å². The maximum Gasteiger partial charge on any atom is 0.0205 e.